The first kappa shape index (κ1) is 23.0. The van der Waals surface area contributed by atoms with Crippen LogP contribution in [0.4, 0.5) is 5.69 Å². The Bertz CT molecular complexity index is 1330. The molecule has 1 saturated heterocycles. The Morgan fingerprint density at radius 1 is 0.971 bits per heavy atom. The summed E-state index contributed by atoms with van der Waals surface area (Å²) in [6.07, 6.45) is 1.89. The highest BCUT2D eigenvalue weighted by Crippen LogP contribution is 2.33. The number of piperazine rings is 1. The molecule has 3 aromatic carbocycles. The average Bonchev–Trinajstić information content (AvgIpc) is 3.23. The fraction of sp³-hybridized carbons (Fsp3) is 0.296. The van der Waals surface area contributed by atoms with Crippen LogP contribution in [0.25, 0.3) is 21.8 Å². The topological polar surface area (TPSA) is 51.4 Å². The van der Waals surface area contributed by atoms with Crippen molar-refractivity contribution in [1.29, 1.82) is 0 Å². The highest BCUT2D eigenvalue weighted by molar-refractivity contribution is 6.43. The highest BCUT2D eigenvalue weighted by atomic mass is 35.5. The molecule has 5 nitrogen and oxygen atoms in total. The lowest BCUT2D eigenvalue weighted by Crippen LogP contribution is -2.56. The molecule has 5 rings (SSSR count). The number of nitrogens with zero attached hydrogens (tertiary/aromatic N) is 2. The smallest absolute Gasteiger partial charge is 0.252 e. The van der Waals surface area contributed by atoms with Crippen LogP contribution in [0, 0.1) is 0 Å². The normalized spacial score (nSPS) is 15.7. The van der Waals surface area contributed by atoms with Gasteiger partial charge in [0.1, 0.15) is 0 Å². The first-order chi connectivity index (χ1) is 16.5. The number of hydrogen-bond donors (Lipinski definition) is 2. The van der Waals surface area contributed by atoms with Gasteiger partial charge in [-0.15, -0.1) is 0 Å². The Morgan fingerprint density at radius 2 is 1.74 bits per heavy atom. The predicted octanol–water partition coefficient (Wildman–Crippen LogP) is 6.31. The van der Waals surface area contributed by atoms with E-state index >= 15 is 0 Å². The van der Waals surface area contributed by atoms with Crippen molar-refractivity contribution in [1.82, 2.24) is 15.2 Å². The molecule has 1 atom stereocenters. The van der Waals surface area contributed by atoms with Gasteiger partial charge in [0.05, 0.1) is 21.9 Å². The number of para-hydroxylation sites is 1. The van der Waals surface area contributed by atoms with Crippen molar-refractivity contribution in [2.75, 3.05) is 31.1 Å². The van der Waals surface area contributed by atoms with Crippen LogP contribution in [-0.4, -0.2) is 48.1 Å². The van der Waals surface area contributed by atoms with Crippen molar-refractivity contribution in [2.45, 2.75) is 25.9 Å². The van der Waals surface area contributed by atoms with Crippen molar-refractivity contribution in [2.24, 2.45) is 0 Å². The van der Waals surface area contributed by atoms with Crippen LogP contribution in [0.1, 0.15) is 30.1 Å². The van der Waals surface area contributed by atoms with Gasteiger partial charge in [-0.05, 0) is 36.8 Å². The summed E-state index contributed by atoms with van der Waals surface area (Å²) in [5.74, 6) is -0.0423. The number of benzene rings is 3. The number of hydrogen-bond acceptors (Lipinski definition) is 3. The lowest BCUT2D eigenvalue weighted by molar-refractivity contribution is 0.0824. The zero-order valence-corrected chi connectivity index (χ0v) is 20.7. The Labute approximate surface area is 209 Å². The van der Waals surface area contributed by atoms with Gasteiger partial charge in [-0.25, -0.2) is 0 Å². The van der Waals surface area contributed by atoms with Crippen LogP contribution >= 0.6 is 23.2 Å². The number of carbonyl (C=O) groups excluding carboxylic acids is 1. The zero-order valence-electron chi connectivity index (χ0n) is 19.2. The zero-order chi connectivity index (χ0) is 23.7. The van der Waals surface area contributed by atoms with Crippen LogP contribution in [0.15, 0.2) is 60.7 Å². The summed E-state index contributed by atoms with van der Waals surface area (Å²) in [4.78, 5) is 21.3. The van der Waals surface area contributed by atoms with E-state index in [1.54, 1.807) is 0 Å². The van der Waals surface area contributed by atoms with Crippen molar-refractivity contribution >= 4 is 56.6 Å². The number of fused-ring (bicyclic) bond motifs is 3. The van der Waals surface area contributed by atoms with E-state index in [4.69, 9.17) is 23.2 Å². The molecular weight excluding hydrogens is 467 g/mol. The van der Waals surface area contributed by atoms with Crippen molar-refractivity contribution in [3.05, 3.63) is 76.3 Å². The van der Waals surface area contributed by atoms with Crippen LogP contribution in [0.3, 0.4) is 0 Å². The molecule has 1 amide bonds. The minimum atomic E-state index is -0.0423. The summed E-state index contributed by atoms with van der Waals surface area (Å²) in [6.45, 7) is 5.50. The van der Waals surface area contributed by atoms with Gasteiger partial charge < -0.3 is 15.2 Å². The molecule has 0 bridgehead atoms. The minimum Gasteiger partial charge on any atom is -0.368 e. The van der Waals surface area contributed by atoms with E-state index in [1.165, 1.54) is 5.39 Å². The maximum atomic E-state index is 13.2. The summed E-state index contributed by atoms with van der Waals surface area (Å²) >= 11 is 12.6. The second kappa shape index (κ2) is 9.87. The summed E-state index contributed by atoms with van der Waals surface area (Å²) in [5, 5.41) is 6.76. The van der Waals surface area contributed by atoms with E-state index in [9.17, 15) is 4.79 Å². The number of carbonyl (C=O) groups is 1. The summed E-state index contributed by atoms with van der Waals surface area (Å²) in [7, 11) is 0. The number of aromatic nitrogens is 1. The molecule has 1 unspecified atom stereocenters. The molecule has 1 aliphatic heterocycles. The molecule has 2 N–H and O–H groups in total. The molecule has 7 heteroatoms. The molecule has 0 aliphatic carbocycles. The Balaban J connectivity index is 1.28. The van der Waals surface area contributed by atoms with Crippen molar-refractivity contribution in [3.63, 3.8) is 0 Å². The van der Waals surface area contributed by atoms with Gasteiger partial charge in [-0.1, -0.05) is 66.9 Å². The number of amides is 1. The standard InChI is InChI=1S/C27H28Cl2N4O/c1-2-6-25(33-15-13-32(14-16-33)24-10-5-8-21(28)26(24)29)31-27(34)18-11-12-20-19-7-3-4-9-22(19)30-23(20)17-18/h3-5,7-12,17,25,30H,2,6,13-16H2,1H3,(H,31,34). The minimum absolute atomic E-state index is 0.00658. The quantitative estimate of drug-likeness (QED) is 0.330. The summed E-state index contributed by atoms with van der Waals surface area (Å²) in [6, 6.07) is 19.9. The first-order valence-corrected chi connectivity index (χ1v) is 12.5. The first-order valence-electron chi connectivity index (χ1n) is 11.8. The molecular formula is C27H28Cl2N4O. The molecule has 1 fully saturated rings. The molecule has 34 heavy (non-hydrogen) atoms. The van der Waals surface area contributed by atoms with E-state index < -0.39 is 0 Å². The molecule has 0 saturated carbocycles. The molecule has 1 aromatic heterocycles. The molecule has 0 radical (unpaired) electrons. The van der Waals surface area contributed by atoms with Gasteiger partial charge in [-0.2, -0.15) is 0 Å². The third kappa shape index (κ3) is 4.48. The average molecular weight is 495 g/mol. The fourth-order valence-corrected chi connectivity index (χ4v) is 5.28. The van der Waals surface area contributed by atoms with Crippen LogP contribution in [0.2, 0.25) is 10.0 Å². The van der Waals surface area contributed by atoms with Crippen molar-refractivity contribution in [3.8, 4) is 0 Å². The van der Waals surface area contributed by atoms with Crippen LogP contribution in [0.5, 0.6) is 0 Å². The van der Waals surface area contributed by atoms with Gasteiger partial charge in [0.2, 0.25) is 0 Å². The highest BCUT2D eigenvalue weighted by Gasteiger charge is 2.26. The van der Waals surface area contributed by atoms with Gasteiger partial charge in [0.25, 0.3) is 5.91 Å². The molecule has 4 aromatic rings. The number of nitrogens with one attached hydrogen (secondary N) is 2. The van der Waals surface area contributed by atoms with Crippen LogP contribution in [-0.2, 0) is 0 Å². The molecule has 176 valence electrons. The van der Waals surface area contributed by atoms with Crippen molar-refractivity contribution < 1.29 is 4.79 Å². The lowest BCUT2D eigenvalue weighted by atomic mass is 10.1. The Morgan fingerprint density at radius 3 is 2.53 bits per heavy atom. The van der Waals surface area contributed by atoms with Gasteiger partial charge >= 0.3 is 0 Å². The number of rotatable bonds is 6. The number of anilines is 1. The predicted molar refractivity (Wildman–Crippen MR) is 142 cm³/mol. The van der Waals surface area contributed by atoms with E-state index in [2.05, 4.69) is 39.2 Å². The van der Waals surface area contributed by atoms with E-state index in [-0.39, 0.29) is 12.1 Å². The summed E-state index contributed by atoms with van der Waals surface area (Å²) < 4.78 is 0. The molecule has 1 aliphatic rings. The fourth-order valence-electron chi connectivity index (χ4n) is 4.86. The Kier molecular flexibility index (Phi) is 6.68. The number of aromatic amines is 1. The van der Waals surface area contributed by atoms with E-state index in [0.717, 1.165) is 61.1 Å². The lowest BCUT2D eigenvalue weighted by Gasteiger charge is -2.40. The SMILES string of the molecule is CCCC(NC(=O)c1ccc2c(c1)[nH]c1ccccc12)N1CCN(c2cccc(Cl)c2Cl)CC1. The molecule has 2 heterocycles. The second-order valence-electron chi connectivity index (χ2n) is 8.80. The summed E-state index contributed by atoms with van der Waals surface area (Å²) in [5.41, 5.74) is 3.70. The van der Waals surface area contributed by atoms with Crippen LogP contribution < -0.4 is 10.2 Å². The van der Waals surface area contributed by atoms with Gasteiger partial charge in [0.15, 0.2) is 0 Å². The number of H-pyrrole nitrogens is 1. The largest absolute Gasteiger partial charge is 0.368 e. The monoisotopic (exact) mass is 494 g/mol. The molecule has 0 spiro atoms. The third-order valence-electron chi connectivity index (χ3n) is 6.66. The third-order valence-corrected chi connectivity index (χ3v) is 7.46. The maximum Gasteiger partial charge on any atom is 0.252 e. The maximum absolute atomic E-state index is 13.2. The van der Waals surface area contributed by atoms with Gasteiger partial charge in [-0.3, -0.25) is 9.69 Å². The number of halogens is 2. The Hall–Kier alpha value is -2.73. The van der Waals surface area contributed by atoms with Gasteiger partial charge in [0, 0.05) is 53.5 Å². The van der Waals surface area contributed by atoms with E-state index in [0.29, 0.717) is 15.6 Å². The second-order valence-corrected chi connectivity index (χ2v) is 9.59. The van der Waals surface area contributed by atoms with E-state index in [1.807, 2.05) is 48.5 Å².